The van der Waals surface area contributed by atoms with E-state index in [2.05, 4.69) is 0 Å². The molecule has 0 aromatic heterocycles. The highest BCUT2D eigenvalue weighted by Crippen LogP contribution is 2.20. The molecule has 0 saturated carbocycles. The number of halogens is 1. The molecule has 0 heterocycles. The smallest absolute Gasteiger partial charge is 0.189 e. The lowest BCUT2D eigenvalue weighted by Crippen LogP contribution is -2.05. The molecule has 114 valence electrons. The molecule has 0 unspecified atom stereocenters. The second kappa shape index (κ2) is 6.89. The van der Waals surface area contributed by atoms with Gasteiger partial charge in [-0.3, -0.25) is 4.79 Å². The van der Waals surface area contributed by atoms with Crippen molar-refractivity contribution in [2.75, 3.05) is 0 Å². The molecule has 2 aromatic carbocycles. The van der Waals surface area contributed by atoms with Gasteiger partial charge in [0, 0.05) is 0 Å². The number of carbonyl (C=O) groups is 1. The van der Waals surface area contributed by atoms with Crippen molar-refractivity contribution in [3.05, 3.63) is 65.5 Å². The van der Waals surface area contributed by atoms with E-state index in [1.54, 1.807) is 12.1 Å². The first-order valence-corrected chi connectivity index (χ1v) is 6.93. The molecule has 1 N–H and O–H groups in total. The summed E-state index contributed by atoms with van der Waals surface area (Å²) < 4.78 is 18.7. The summed E-state index contributed by atoms with van der Waals surface area (Å²) in [6.07, 6.45) is 2.95. The Morgan fingerprint density at radius 3 is 2.73 bits per heavy atom. The first-order chi connectivity index (χ1) is 10.5. The number of carbonyl (C=O) groups excluding carboxylic acids is 1. The fraction of sp³-hybridized carbons (Fsp3) is 0.167. The van der Waals surface area contributed by atoms with Gasteiger partial charge < -0.3 is 9.84 Å². The number of phenolic OH excluding ortho intramolecular Hbond substituents is 1. The van der Waals surface area contributed by atoms with Crippen LogP contribution in [0, 0.1) is 5.82 Å². The average molecular weight is 300 g/mol. The maximum atomic E-state index is 13.1. The van der Waals surface area contributed by atoms with Crippen LogP contribution in [0.2, 0.25) is 0 Å². The molecular formula is C18H17FO3. The number of aromatic hydroxyl groups is 1. The Morgan fingerprint density at radius 1 is 1.23 bits per heavy atom. The van der Waals surface area contributed by atoms with Crippen molar-refractivity contribution in [2.45, 2.75) is 20.0 Å². The molecule has 0 amide bonds. The van der Waals surface area contributed by atoms with Gasteiger partial charge in [-0.2, -0.15) is 0 Å². The van der Waals surface area contributed by atoms with Gasteiger partial charge in [-0.1, -0.05) is 18.2 Å². The van der Waals surface area contributed by atoms with Crippen molar-refractivity contribution in [3.63, 3.8) is 0 Å². The summed E-state index contributed by atoms with van der Waals surface area (Å²) >= 11 is 0. The van der Waals surface area contributed by atoms with Crippen LogP contribution >= 0.6 is 0 Å². The molecule has 0 spiro atoms. The molecule has 0 aliphatic heterocycles. The minimum absolute atomic E-state index is 0.0603. The topological polar surface area (TPSA) is 46.5 Å². The normalized spacial score (nSPS) is 11.1. The highest BCUT2D eigenvalue weighted by Gasteiger charge is 2.09. The summed E-state index contributed by atoms with van der Waals surface area (Å²) in [5.74, 6) is -0.569. The number of ketones is 1. The van der Waals surface area contributed by atoms with Crippen LogP contribution in [0.15, 0.2) is 48.5 Å². The molecule has 0 radical (unpaired) electrons. The van der Waals surface area contributed by atoms with Crippen LogP contribution in [0.5, 0.6) is 11.5 Å². The summed E-state index contributed by atoms with van der Waals surface area (Å²) in [6, 6.07) is 10.5. The molecule has 0 bridgehead atoms. The van der Waals surface area contributed by atoms with E-state index in [1.807, 2.05) is 32.0 Å². The van der Waals surface area contributed by atoms with Crippen LogP contribution in [-0.2, 0) is 0 Å². The van der Waals surface area contributed by atoms with E-state index in [0.717, 1.165) is 23.8 Å². The predicted octanol–water partition coefficient (Wildman–Crippen LogP) is 4.21. The van der Waals surface area contributed by atoms with Crippen LogP contribution < -0.4 is 4.74 Å². The quantitative estimate of drug-likeness (QED) is 0.664. The molecule has 0 aliphatic carbocycles. The van der Waals surface area contributed by atoms with Gasteiger partial charge in [0.25, 0.3) is 0 Å². The summed E-state index contributed by atoms with van der Waals surface area (Å²) in [7, 11) is 0. The molecule has 2 rings (SSSR count). The second-order valence-electron chi connectivity index (χ2n) is 5.10. The van der Waals surface area contributed by atoms with Gasteiger partial charge in [0.2, 0.25) is 0 Å². The Morgan fingerprint density at radius 2 is 2.00 bits per heavy atom. The predicted molar refractivity (Wildman–Crippen MR) is 83.6 cm³/mol. The lowest BCUT2D eigenvalue weighted by atomic mass is 10.1. The third kappa shape index (κ3) is 4.19. The van der Waals surface area contributed by atoms with Crippen molar-refractivity contribution in [1.82, 2.24) is 0 Å². The second-order valence-corrected chi connectivity index (χ2v) is 5.10. The van der Waals surface area contributed by atoms with Crippen molar-refractivity contribution in [2.24, 2.45) is 0 Å². The molecule has 0 aliphatic rings. The summed E-state index contributed by atoms with van der Waals surface area (Å²) in [5, 5.41) is 9.60. The van der Waals surface area contributed by atoms with Crippen molar-refractivity contribution >= 4 is 11.9 Å². The fourth-order valence-electron chi connectivity index (χ4n) is 1.93. The van der Waals surface area contributed by atoms with E-state index in [1.165, 1.54) is 6.08 Å². The highest BCUT2D eigenvalue weighted by molar-refractivity contribution is 6.08. The molecular weight excluding hydrogens is 283 g/mol. The lowest BCUT2D eigenvalue weighted by Gasteiger charge is -2.09. The maximum Gasteiger partial charge on any atom is 0.189 e. The molecule has 2 aromatic rings. The molecule has 4 heteroatoms. The molecule has 0 atom stereocenters. The van der Waals surface area contributed by atoms with E-state index in [9.17, 15) is 14.3 Å². The zero-order chi connectivity index (χ0) is 16.1. The monoisotopic (exact) mass is 300 g/mol. The number of ether oxygens (including phenoxy) is 1. The van der Waals surface area contributed by atoms with Crippen LogP contribution in [-0.4, -0.2) is 17.0 Å². The zero-order valence-electron chi connectivity index (χ0n) is 12.4. The Kier molecular flexibility index (Phi) is 4.94. The maximum absolute atomic E-state index is 13.1. The van der Waals surface area contributed by atoms with Crippen LogP contribution in [0.4, 0.5) is 4.39 Å². The van der Waals surface area contributed by atoms with E-state index >= 15 is 0 Å². The first-order valence-electron chi connectivity index (χ1n) is 6.93. The SMILES string of the molecule is CC(C)Oc1cccc(C=CC(=O)c2cc(F)ccc2O)c1. The van der Waals surface area contributed by atoms with Gasteiger partial charge in [0.15, 0.2) is 5.78 Å². The number of allylic oxidation sites excluding steroid dienone is 1. The number of benzene rings is 2. The largest absolute Gasteiger partial charge is 0.507 e. The third-order valence-electron chi connectivity index (χ3n) is 2.88. The first kappa shape index (κ1) is 15.8. The highest BCUT2D eigenvalue weighted by atomic mass is 19.1. The molecule has 3 nitrogen and oxygen atoms in total. The van der Waals surface area contributed by atoms with Gasteiger partial charge in [-0.15, -0.1) is 0 Å². The van der Waals surface area contributed by atoms with Crippen LogP contribution in [0.3, 0.4) is 0 Å². The van der Waals surface area contributed by atoms with Gasteiger partial charge in [0.1, 0.15) is 17.3 Å². The van der Waals surface area contributed by atoms with Gasteiger partial charge in [-0.05, 0) is 55.8 Å². The lowest BCUT2D eigenvalue weighted by molar-refractivity contribution is 0.104. The average Bonchev–Trinajstić information content (AvgIpc) is 2.47. The van der Waals surface area contributed by atoms with E-state index in [0.29, 0.717) is 5.75 Å². The summed E-state index contributed by atoms with van der Waals surface area (Å²) in [4.78, 5) is 12.0. The van der Waals surface area contributed by atoms with Crippen molar-refractivity contribution in [1.29, 1.82) is 0 Å². The standard InChI is InChI=1S/C18H17FO3/c1-12(2)22-15-5-3-4-13(10-15)6-8-17(20)16-11-14(19)7-9-18(16)21/h3-12,21H,1-2H3. The third-order valence-corrected chi connectivity index (χ3v) is 2.88. The minimum Gasteiger partial charge on any atom is -0.507 e. The summed E-state index contributed by atoms with van der Waals surface area (Å²) in [5.41, 5.74) is 0.716. The minimum atomic E-state index is -0.568. The number of hydrogen-bond donors (Lipinski definition) is 1. The Bertz CT molecular complexity index is 705. The van der Waals surface area contributed by atoms with Crippen molar-refractivity contribution in [3.8, 4) is 11.5 Å². The van der Waals surface area contributed by atoms with Crippen LogP contribution in [0.1, 0.15) is 29.8 Å². The van der Waals surface area contributed by atoms with Gasteiger partial charge >= 0.3 is 0 Å². The summed E-state index contributed by atoms with van der Waals surface area (Å²) in [6.45, 7) is 3.86. The van der Waals surface area contributed by atoms with Crippen molar-refractivity contribution < 1.29 is 19.0 Å². The Labute approximate surface area is 128 Å². The van der Waals surface area contributed by atoms with E-state index < -0.39 is 11.6 Å². The number of hydrogen-bond acceptors (Lipinski definition) is 3. The number of rotatable bonds is 5. The van der Waals surface area contributed by atoms with E-state index in [4.69, 9.17) is 4.74 Å². The van der Waals surface area contributed by atoms with E-state index in [-0.39, 0.29) is 17.4 Å². The molecule has 0 fully saturated rings. The number of phenols is 1. The Balaban J connectivity index is 2.17. The van der Waals surface area contributed by atoms with Gasteiger partial charge in [0.05, 0.1) is 11.7 Å². The van der Waals surface area contributed by atoms with Crippen LogP contribution in [0.25, 0.3) is 6.08 Å². The fourth-order valence-corrected chi connectivity index (χ4v) is 1.93. The molecule has 22 heavy (non-hydrogen) atoms. The Hall–Kier alpha value is -2.62. The van der Waals surface area contributed by atoms with Gasteiger partial charge in [-0.25, -0.2) is 4.39 Å². The molecule has 0 saturated heterocycles. The zero-order valence-corrected chi connectivity index (χ0v) is 12.4.